The molecule has 1 heterocycles. The van der Waals surface area contributed by atoms with Gasteiger partial charge in [-0.25, -0.2) is 8.42 Å². The highest BCUT2D eigenvalue weighted by Gasteiger charge is 2.17. The van der Waals surface area contributed by atoms with Crippen LogP contribution < -0.4 is 4.72 Å². The third-order valence-corrected chi connectivity index (χ3v) is 5.98. The summed E-state index contributed by atoms with van der Waals surface area (Å²) in [6.45, 7) is 0. The van der Waals surface area contributed by atoms with E-state index in [9.17, 15) is 8.42 Å². The van der Waals surface area contributed by atoms with E-state index in [1.54, 1.807) is 6.07 Å². The number of nitrogens with one attached hydrogen (secondary N) is 1. The zero-order valence-corrected chi connectivity index (χ0v) is 13.2. The van der Waals surface area contributed by atoms with Crippen LogP contribution in [0.15, 0.2) is 38.3 Å². The minimum Gasteiger partial charge on any atom is -0.279 e. The summed E-state index contributed by atoms with van der Waals surface area (Å²) >= 11 is 10.1. The normalized spacial score (nSPS) is 11.0. The quantitative estimate of drug-likeness (QED) is 0.883. The number of benzene rings is 1. The molecule has 1 aromatic carbocycles. The van der Waals surface area contributed by atoms with Crippen LogP contribution in [0.2, 0.25) is 5.02 Å². The minimum absolute atomic E-state index is 0.188. The molecule has 0 bridgehead atoms. The van der Waals surface area contributed by atoms with E-state index in [0.29, 0.717) is 5.69 Å². The summed E-state index contributed by atoms with van der Waals surface area (Å²) in [5.41, 5.74) is 0.514. The van der Waals surface area contributed by atoms with Crippen molar-refractivity contribution in [2.75, 3.05) is 4.72 Å². The Morgan fingerprint density at radius 2 is 2.05 bits per heavy atom. The summed E-state index contributed by atoms with van der Waals surface area (Å²) in [7, 11) is -3.64. The first-order chi connectivity index (χ1) is 8.92. The van der Waals surface area contributed by atoms with Crippen molar-refractivity contribution < 1.29 is 8.42 Å². The maximum Gasteiger partial charge on any atom is 0.271 e. The molecule has 0 fully saturated rings. The third-order valence-electron chi connectivity index (χ3n) is 2.15. The van der Waals surface area contributed by atoms with Crippen LogP contribution in [0.25, 0.3) is 0 Å². The van der Waals surface area contributed by atoms with Gasteiger partial charge in [0.15, 0.2) is 0 Å². The molecular weight excluding hydrogens is 372 g/mol. The number of rotatable bonds is 3. The molecule has 0 saturated carbocycles. The highest BCUT2D eigenvalue weighted by atomic mass is 79.9. The number of thiophene rings is 1. The van der Waals surface area contributed by atoms with Crippen molar-refractivity contribution >= 4 is 54.6 Å². The van der Waals surface area contributed by atoms with E-state index in [4.69, 9.17) is 16.9 Å². The molecule has 0 atom stereocenters. The fraction of sp³-hybridized carbons (Fsp3) is 0. The van der Waals surface area contributed by atoms with Gasteiger partial charge in [-0.05, 0) is 46.3 Å². The van der Waals surface area contributed by atoms with Gasteiger partial charge in [0.25, 0.3) is 10.0 Å². The lowest BCUT2D eigenvalue weighted by atomic mass is 10.2. The zero-order chi connectivity index (χ0) is 14.0. The van der Waals surface area contributed by atoms with Gasteiger partial charge in [0.1, 0.15) is 10.3 Å². The Morgan fingerprint density at radius 1 is 1.32 bits per heavy atom. The number of anilines is 1. The number of halogens is 2. The Kier molecular flexibility index (Phi) is 4.16. The van der Waals surface area contributed by atoms with Gasteiger partial charge in [-0.3, -0.25) is 4.72 Å². The molecule has 1 N–H and O–H groups in total. The lowest BCUT2D eigenvalue weighted by Crippen LogP contribution is -2.11. The molecule has 2 aromatic rings. The molecule has 0 aliphatic heterocycles. The molecule has 4 nitrogen and oxygen atoms in total. The molecule has 0 radical (unpaired) electrons. The van der Waals surface area contributed by atoms with Crippen molar-refractivity contribution in [1.82, 2.24) is 0 Å². The number of hydrogen-bond donors (Lipinski definition) is 1. The van der Waals surface area contributed by atoms with Crippen LogP contribution in [0.4, 0.5) is 5.69 Å². The molecule has 98 valence electrons. The van der Waals surface area contributed by atoms with Crippen LogP contribution in [0, 0.1) is 11.3 Å². The summed E-state index contributed by atoms with van der Waals surface area (Å²) in [4.78, 5) is 0. The molecule has 19 heavy (non-hydrogen) atoms. The van der Waals surface area contributed by atoms with Crippen LogP contribution in [-0.2, 0) is 10.0 Å². The fourth-order valence-corrected chi connectivity index (χ4v) is 4.54. The second-order valence-electron chi connectivity index (χ2n) is 3.47. The van der Waals surface area contributed by atoms with E-state index in [1.165, 1.54) is 24.3 Å². The second kappa shape index (κ2) is 5.51. The van der Waals surface area contributed by atoms with Crippen LogP contribution in [0.3, 0.4) is 0 Å². The largest absolute Gasteiger partial charge is 0.279 e. The first-order valence-corrected chi connectivity index (χ1v) is 8.37. The van der Waals surface area contributed by atoms with Crippen molar-refractivity contribution in [2.45, 2.75) is 4.21 Å². The second-order valence-corrected chi connectivity index (χ2v) is 8.25. The van der Waals surface area contributed by atoms with E-state index < -0.39 is 10.0 Å². The van der Waals surface area contributed by atoms with Crippen molar-refractivity contribution in [3.8, 4) is 6.07 Å². The Balaban J connectivity index is 2.34. The smallest absolute Gasteiger partial charge is 0.271 e. The van der Waals surface area contributed by atoms with Crippen LogP contribution in [-0.4, -0.2) is 8.42 Å². The Labute approximate surface area is 127 Å². The molecule has 0 saturated heterocycles. The monoisotopic (exact) mass is 376 g/mol. The lowest BCUT2D eigenvalue weighted by molar-refractivity contribution is 0.603. The van der Waals surface area contributed by atoms with Gasteiger partial charge in [0.2, 0.25) is 0 Å². The van der Waals surface area contributed by atoms with Gasteiger partial charge in [-0.1, -0.05) is 11.6 Å². The lowest BCUT2D eigenvalue weighted by Gasteiger charge is -2.06. The van der Waals surface area contributed by atoms with Gasteiger partial charge >= 0.3 is 0 Å². The molecule has 0 amide bonds. The summed E-state index contributed by atoms with van der Waals surface area (Å²) < 4.78 is 27.4. The van der Waals surface area contributed by atoms with Gasteiger partial charge in [0.05, 0.1) is 20.1 Å². The topological polar surface area (TPSA) is 70.0 Å². The Morgan fingerprint density at radius 3 is 2.63 bits per heavy atom. The minimum atomic E-state index is -3.64. The summed E-state index contributed by atoms with van der Waals surface area (Å²) in [5, 5.41) is 9.13. The van der Waals surface area contributed by atoms with E-state index in [0.717, 1.165) is 15.1 Å². The molecule has 0 aliphatic rings. The first kappa shape index (κ1) is 14.3. The van der Waals surface area contributed by atoms with E-state index in [1.807, 2.05) is 6.07 Å². The number of nitriles is 1. The maximum absolute atomic E-state index is 12.1. The molecule has 0 spiro atoms. The zero-order valence-electron chi connectivity index (χ0n) is 9.22. The van der Waals surface area contributed by atoms with Crippen LogP contribution >= 0.6 is 38.9 Å². The van der Waals surface area contributed by atoms with E-state index >= 15 is 0 Å². The summed E-state index contributed by atoms with van der Waals surface area (Å²) in [6, 6.07) is 9.42. The molecule has 0 aliphatic carbocycles. The Bertz CT molecular complexity index is 765. The number of sulfonamides is 1. The van der Waals surface area contributed by atoms with Crippen LogP contribution in [0.5, 0.6) is 0 Å². The van der Waals surface area contributed by atoms with E-state index in [-0.39, 0.29) is 14.8 Å². The van der Waals surface area contributed by atoms with Crippen LogP contribution in [0.1, 0.15) is 5.56 Å². The summed E-state index contributed by atoms with van der Waals surface area (Å²) in [5.74, 6) is 0. The van der Waals surface area contributed by atoms with E-state index in [2.05, 4.69) is 20.7 Å². The summed E-state index contributed by atoms with van der Waals surface area (Å²) in [6.07, 6.45) is 0. The van der Waals surface area contributed by atoms with Crippen molar-refractivity contribution in [1.29, 1.82) is 5.26 Å². The molecule has 8 heteroatoms. The van der Waals surface area contributed by atoms with Gasteiger partial charge in [-0.2, -0.15) is 5.26 Å². The van der Waals surface area contributed by atoms with Crippen molar-refractivity contribution in [3.05, 3.63) is 44.7 Å². The first-order valence-electron chi connectivity index (χ1n) is 4.90. The predicted molar refractivity (Wildman–Crippen MR) is 79.0 cm³/mol. The molecule has 0 unspecified atom stereocenters. The Hall–Kier alpha value is -1.07. The van der Waals surface area contributed by atoms with Gasteiger partial charge in [-0.15, -0.1) is 11.3 Å². The highest BCUT2D eigenvalue weighted by Crippen LogP contribution is 2.28. The van der Waals surface area contributed by atoms with Crippen molar-refractivity contribution in [3.63, 3.8) is 0 Å². The molecular formula is C11H6BrClN2O2S2. The third kappa shape index (κ3) is 3.28. The predicted octanol–water partition coefficient (Wildman–Crippen LogP) is 3.84. The number of nitrogens with zero attached hydrogens (tertiary/aromatic N) is 1. The standard InChI is InChI=1S/C11H6BrClN2O2S2/c12-10-3-4-11(18-10)19(16,17)15-8-1-2-9(13)7(5-8)6-14/h1-5,15H. The SMILES string of the molecule is N#Cc1cc(NS(=O)(=O)c2ccc(Br)s2)ccc1Cl. The van der Waals surface area contributed by atoms with Gasteiger partial charge in [0, 0.05) is 0 Å². The fourth-order valence-electron chi connectivity index (χ4n) is 1.32. The number of hydrogen-bond acceptors (Lipinski definition) is 4. The maximum atomic E-state index is 12.1. The average Bonchev–Trinajstić information content (AvgIpc) is 2.79. The average molecular weight is 378 g/mol. The molecule has 1 aromatic heterocycles. The highest BCUT2D eigenvalue weighted by molar-refractivity contribution is 9.11. The van der Waals surface area contributed by atoms with Crippen molar-refractivity contribution in [2.24, 2.45) is 0 Å². The van der Waals surface area contributed by atoms with Gasteiger partial charge < -0.3 is 0 Å². The molecule has 2 rings (SSSR count).